The van der Waals surface area contributed by atoms with E-state index in [1.54, 1.807) is 0 Å². The molecule has 0 atom stereocenters. The zero-order valence-corrected chi connectivity index (χ0v) is 36.3. The smallest absolute Gasteiger partial charge is 0.0726 e. The van der Waals surface area contributed by atoms with Gasteiger partial charge in [0, 0.05) is 16.6 Å². The van der Waals surface area contributed by atoms with Crippen molar-refractivity contribution in [3.8, 4) is 66.8 Å². The van der Waals surface area contributed by atoms with E-state index < -0.39 is 5.41 Å². The van der Waals surface area contributed by atoms with Crippen LogP contribution in [0.2, 0.25) is 0 Å². The summed E-state index contributed by atoms with van der Waals surface area (Å²) in [5.74, 6) is 0. The lowest BCUT2D eigenvalue weighted by Gasteiger charge is -2.33. The second-order valence-electron chi connectivity index (χ2n) is 17.5. The Morgan fingerprint density at radius 2 is 0.697 bits per heavy atom. The van der Waals surface area contributed by atoms with E-state index in [9.17, 15) is 0 Å². The first-order chi connectivity index (χ1) is 32.8. The summed E-state index contributed by atoms with van der Waals surface area (Å²) in [6.07, 6.45) is 0. The van der Waals surface area contributed by atoms with E-state index in [0.29, 0.717) is 0 Å². The Labute approximate surface area is 386 Å². The fourth-order valence-corrected chi connectivity index (χ4v) is 11.4. The summed E-state index contributed by atoms with van der Waals surface area (Å²) in [5, 5.41) is 2.39. The molecule has 11 aromatic carbocycles. The maximum Gasteiger partial charge on any atom is 0.0726 e. The second-order valence-corrected chi connectivity index (χ2v) is 17.5. The highest BCUT2D eigenvalue weighted by Gasteiger charge is 2.51. The zero-order chi connectivity index (χ0) is 43.6. The molecule has 0 saturated heterocycles. The third-order valence-electron chi connectivity index (χ3n) is 14.1. The maximum absolute atomic E-state index is 2.53. The molecule has 308 valence electrons. The van der Waals surface area contributed by atoms with Gasteiger partial charge in [0.25, 0.3) is 0 Å². The summed E-state index contributed by atoms with van der Waals surface area (Å²) >= 11 is 0. The van der Waals surface area contributed by atoms with E-state index in [0.717, 1.165) is 22.6 Å². The van der Waals surface area contributed by atoms with Gasteiger partial charge in [-0.25, -0.2) is 0 Å². The third-order valence-corrected chi connectivity index (χ3v) is 14.1. The van der Waals surface area contributed by atoms with E-state index in [1.807, 2.05) is 0 Å². The summed E-state index contributed by atoms with van der Waals surface area (Å²) in [6, 6.07) is 96.5. The summed E-state index contributed by atoms with van der Waals surface area (Å²) in [6.45, 7) is 0. The average Bonchev–Trinajstić information content (AvgIpc) is 3.86. The molecule has 13 rings (SSSR count). The molecule has 2 aliphatic carbocycles. The Balaban J connectivity index is 1.11. The van der Waals surface area contributed by atoms with E-state index in [-0.39, 0.29) is 0 Å². The van der Waals surface area contributed by atoms with Crippen molar-refractivity contribution in [2.45, 2.75) is 5.41 Å². The number of anilines is 3. The minimum atomic E-state index is -0.475. The summed E-state index contributed by atoms with van der Waals surface area (Å²) in [4.78, 5) is 2.53. The van der Waals surface area contributed by atoms with Gasteiger partial charge in [-0.05, 0) is 113 Å². The predicted molar refractivity (Wildman–Crippen MR) is 277 cm³/mol. The molecule has 0 N–H and O–H groups in total. The van der Waals surface area contributed by atoms with Gasteiger partial charge in [-0.15, -0.1) is 0 Å². The second kappa shape index (κ2) is 15.3. The molecule has 66 heavy (non-hydrogen) atoms. The minimum absolute atomic E-state index is 0.475. The number of fused-ring (bicyclic) bond motifs is 11. The lowest BCUT2D eigenvalue weighted by atomic mass is 9.70. The highest BCUT2D eigenvalue weighted by atomic mass is 15.1. The van der Waals surface area contributed by atoms with Gasteiger partial charge in [-0.2, -0.15) is 0 Å². The first kappa shape index (κ1) is 38.0. The Hall–Kier alpha value is -8.52. The summed E-state index contributed by atoms with van der Waals surface area (Å²) in [7, 11) is 0. The van der Waals surface area contributed by atoms with Crippen molar-refractivity contribution in [3.63, 3.8) is 0 Å². The van der Waals surface area contributed by atoms with Crippen molar-refractivity contribution in [3.05, 3.63) is 283 Å². The van der Waals surface area contributed by atoms with Crippen molar-refractivity contribution in [2.24, 2.45) is 0 Å². The normalized spacial score (nSPS) is 12.7. The Bertz CT molecular complexity index is 3590. The zero-order valence-electron chi connectivity index (χ0n) is 36.3. The van der Waals surface area contributed by atoms with Gasteiger partial charge in [0.15, 0.2) is 0 Å². The molecule has 0 aliphatic heterocycles. The lowest BCUT2D eigenvalue weighted by Crippen LogP contribution is -2.26. The largest absolute Gasteiger partial charge is 0.309 e. The molecule has 0 saturated carbocycles. The quantitative estimate of drug-likeness (QED) is 0.155. The average molecular weight is 838 g/mol. The van der Waals surface area contributed by atoms with Crippen LogP contribution in [0.1, 0.15) is 22.3 Å². The topological polar surface area (TPSA) is 3.24 Å². The summed E-state index contributed by atoms with van der Waals surface area (Å²) in [5.41, 5.74) is 22.9. The molecule has 2 aliphatic rings. The van der Waals surface area contributed by atoms with Crippen LogP contribution in [0.25, 0.3) is 77.5 Å². The molecular weight excluding hydrogens is 795 g/mol. The highest BCUT2D eigenvalue weighted by Crippen LogP contribution is 2.63. The van der Waals surface area contributed by atoms with Crippen LogP contribution in [0.5, 0.6) is 0 Å². The number of rotatable bonds is 7. The molecule has 1 spiro atoms. The fraction of sp³-hybridized carbons (Fsp3) is 0.0154. The van der Waals surface area contributed by atoms with Crippen molar-refractivity contribution < 1.29 is 0 Å². The van der Waals surface area contributed by atoms with Crippen LogP contribution >= 0.6 is 0 Å². The van der Waals surface area contributed by atoms with Crippen molar-refractivity contribution in [1.82, 2.24) is 0 Å². The standard InChI is InChI=1S/C65H43N/c1-3-21-44(22-4-1)48-27-9-10-33-56(48)64-50(46-23-5-2-6-24-46)34-20-35-57(64)55-32-14-18-39-63(55)66(62-40-19-26-45-25-7-8-28-49(45)62)47-41-42-54-53-31-13-17-38-60(53)65(61(54)43-47)58-36-15-11-29-51(58)52-30-12-16-37-59(52)65/h1-43H. The van der Waals surface area contributed by atoms with Crippen LogP contribution in [-0.4, -0.2) is 0 Å². The Kier molecular flexibility index (Phi) is 8.82. The number of para-hydroxylation sites is 1. The van der Waals surface area contributed by atoms with E-state index in [4.69, 9.17) is 0 Å². The minimum Gasteiger partial charge on any atom is -0.309 e. The molecule has 0 unspecified atom stereocenters. The summed E-state index contributed by atoms with van der Waals surface area (Å²) < 4.78 is 0. The molecule has 0 amide bonds. The van der Waals surface area contributed by atoms with E-state index in [2.05, 4.69) is 266 Å². The molecular formula is C65H43N. The molecule has 11 aromatic rings. The number of hydrogen-bond acceptors (Lipinski definition) is 1. The first-order valence-corrected chi connectivity index (χ1v) is 22.9. The van der Waals surface area contributed by atoms with Crippen molar-refractivity contribution in [2.75, 3.05) is 4.90 Å². The number of nitrogens with zero attached hydrogens (tertiary/aromatic N) is 1. The molecule has 0 radical (unpaired) electrons. The van der Waals surface area contributed by atoms with Crippen LogP contribution in [-0.2, 0) is 5.41 Å². The van der Waals surface area contributed by atoms with Crippen LogP contribution in [0.15, 0.2) is 261 Å². The number of hydrogen-bond donors (Lipinski definition) is 0. The predicted octanol–water partition coefficient (Wildman–Crippen LogP) is 17.3. The van der Waals surface area contributed by atoms with Crippen LogP contribution < -0.4 is 4.90 Å². The molecule has 1 heteroatoms. The Morgan fingerprint density at radius 1 is 0.258 bits per heavy atom. The molecule has 0 aromatic heterocycles. The van der Waals surface area contributed by atoms with Gasteiger partial charge in [-0.1, -0.05) is 237 Å². The monoisotopic (exact) mass is 837 g/mol. The maximum atomic E-state index is 2.53. The van der Waals surface area contributed by atoms with Gasteiger partial charge < -0.3 is 4.90 Å². The SMILES string of the molecule is c1ccc(-c2ccccc2-c2c(-c3ccccc3)cccc2-c2ccccc2N(c2ccc3c(c2)C2(c4ccccc4-c4ccccc42)c2ccccc2-3)c2cccc3ccccc23)cc1. The van der Waals surface area contributed by atoms with Crippen molar-refractivity contribution in [1.29, 1.82) is 0 Å². The van der Waals surface area contributed by atoms with Gasteiger partial charge in [0.1, 0.15) is 0 Å². The van der Waals surface area contributed by atoms with Crippen LogP contribution in [0.4, 0.5) is 17.1 Å². The van der Waals surface area contributed by atoms with Crippen LogP contribution in [0, 0.1) is 0 Å². The molecule has 0 heterocycles. The first-order valence-electron chi connectivity index (χ1n) is 22.9. The fourth-order valence-electron chi connectivity index (χ4n) is 11.4. The van der Waals surface area contributed by atoms with E-state index >= 15 is 0 Å². The van der Waals surface area contributed by atoms with E-state index in [1.165, 1.54) is 94.2 Å². The van der Waals surface area contributed by atoms with Gasteiger partial charge >= 0.3 is 0 Å². The molecule has 0 fully saturated rings. The molecule has 0 bridgehead atoms. The lowest BCUT2D eigenvalue weighted by molar-refractivity contribution is 0.793. The van der Waals surface area contributed by atoms with Gasteiger partial charge in [-0.3, -0.25) is 0 Å². The van der Waals surface area contributed by atoms with Gasteiger partial charge in [0.2, 0.25) is 0 Å². The molecule has 1 nitrogen and oxygen atoms in total. The van der Waals surface area contributed by atoms with Gasteiger partial charge in [0.05, 0.1) is 16.8 Å². The number of benzene rings is 11. The third kappa shape index (κ3) is 5.67. The van der Waals surface area contributed by atoms with Crippen molar-refractivity contribution >= 4 is 27.8 Å². The van der Waals surface area contributed by atoms with Crippen LogP contribution in [0.3, 0.4) is 0 Å². The highest BCUT2D eigenvalue weighted by molar-refractivity contribution is 6.06. The Morgan fingerprint density at radius 3 is 1.36 bits per heavy atom.